The van der Waals surface area contributed by atoms with Crippen molar-refractivity contribution in [3.63, 3.8) is 0 Å². The van der Waals surface area contributed by atoms with Gasteiger partial charge in [-0.1, -0.05) is 38.3 Å². The van der Waals surface area contributed by atoms with Gasteiger partial charge in [0.25, 0.3) is 0 Å². The number of aliphatic hydroxyl groups excluding tert-OH is 1. The van der Waals surface area contributed by atoms with Gasteiger partial charge in [0.2, 0.25) is 5.91 Å². The first-order valence-corrected chi connectivity index (χ1v) is 11.7. The van der Waals surface area contributed by atoms with Crippen molar-refractivity contribution in [3.8, 4) is 0 Å². The number of nitrogens with zero attached hydrogens (tertiary/aromatic N) is 2. The maximum atomic E-state index is 12.5. The first-order chi connectivity index (χ1) is 15.1. The molecule has 7 heteroatoms. The third kappa shape index (κ3) is 12.2. The summed E-state index contributed by atoms with van der Waals surface area (Å²) < 4.78 is 12.5. The van der Waals surface area contributed by atoms with Crippen LogP contribution in [0.2, 0.25) is 0 Å². The van der Waals surface area contributed by atoms with Gasteiger partial charge in [0.1, 0.15) is 5.82 Å². The van der Waals surface area contributed by atoms with Gasteiger partial charge in [-0.15, -0.1) is 0 Å². The molecule has 1 aliphatic heterocycles. The topological polar surface area (TPSA) is 76.0 Å². The fourth-order valence-electron chi connectivity index (χ4n) is 4.18. The Morgan fingerprint density at radius 3 is 2.16 bits per heavy atom. The second-order valence-corrected chi connectivity index (χ2v) is 8.25. The first kappa shape index (κ1) is 27.5. The minimum Gasteiger partial charge on any atom is -0.400 e. The Morgan fingerprint density at radius 1 is 1.03 bits per heavy atom. The van der Waals surface area contributed by atoms with Crippen molar-refractivity contribution in [1.82, 2.24) is 15.3 Å². The Labute approximate surface area is 187 Å². The van der Waals surface area contributed by atoms with Crippen molar-refractivity contribution < 1.29 is 19.5 Å². The summed E-state index contributed by atoms with van der Waals surface area (Å²) in [6.45, 7) is 10.1. The highest BCUT2D eigenvalue weighted by atomic mass is 19.1. The van der Waals surface area contributed by atoms with E-state index in [1.54, 1.807) is 17.6 Å². The quantitative estimate of drug-likeness (QED) is 0.448. The third-order valence-corrected chi connectivity index (χ3v) is 6.06. The molecular weight excluding hydrogens is 397 g/mol. The molecule has 0 aromatic heterocycles. The molecule has 1 aromatic carbocycles. The molecule has 31 heavy (non-hydrogen) atoms. The van der Waals surface area contributed by atoms with E-state index in [1.165, 1.54) is 83.5 Å². The van der Waals surface area contributed by atoms with E-state index in [-0.39, 0.29) is 12.2 Å². The molecule has 2 fully saturated rings. The predicted octanol–water partition coefficient (Wildman–Crippen LogP) is 3.47. The summed E-state index contributed by atoms with van der Waals surface area (Å²) in [4.78, 5) is 15.9. The largest absolute Gasteiger partial charge is 0.400 e. The van der Waals surface area contributed by atoms with Crippen molar-refractivity contribution in [3.05, 3.63) is 35.6 Å². The monoisotopic (exact) mass is 439 g/mol. The number of aryl methyl sites for hydroxylation is 1. The molecule has 0 spiro atoms. The highest BCUT2D eigenvalue weighted by molar-refractivity contribution is 5.74. The zero-order chi connectivity index (χ0) is 22.9. The number of hydrogen-bond donors (Lipinski definition) is 3. The highest BCUT2D eigenvalue weighted by Gasteiger charge is 2.20. The van der Waals surface area contributed by atoms with Gasteiger partial charge in [-0.3, -0.25) is 10.0 Å². The van der Waals surface area contributed by atoms with Gasteiger partial charge in [0, 0.05) is 46.3 Å². The van der Waals surface area contributed by atoms with Crippen LogP contribution in [0.1, 0.15) is 57.4 Å². The van der Waals surface area contributed by atoms with Gasteiger partial charge < -0.3 is 14.9 Å². The molecule has 1 amide bonds. The van der Waals surface area contributed by atoms with Crippen molar-refractivity contribution in [2.24, 2.45) is 5.92 Å². The van der Waals surface area contributed by atoms with Crippen molar-refractivity contribution >= 4 is 5.91 Å². The predicted molar refractivity (Wildman–Crippen MR) is 123 cm³/mol. The van der Waals surface area contributed by atoms with Crippen LogP contribution in [0, 0.1) is 11.7 Å². The van der Waals surface area contributed by atoms with Crippen molar-refractivity contribution in [2.75, 3.05) is 46.4 Å². The van der Waals surface area contributed by atoms with Crippen LogP contribution in [-0.2, 0) is 11.2 Å². The van der Waals surface area contributed by atoms with E-state index in [1.807, 2.05) is 0 Å². The molecular formula is C24H42FN3O3. The number of likely N-dealkylation sites (N-methyl/N-ethyl adjacent to an activating group) is 1. The molecule has 6 nitrogen and oxygen atoms in total. The van der Waals surface area contributed by atoms with Gasteiger partial charge in [-0.25, -0.2) is 9.87 Å². The second kappa shape index (κ2) is 17.1. The molecule has 0 unspecified atom stereocenters. The molecule has 1 heterocycles. The van der Waals surface area contributed by atoms with E-state index >= 15 is 0 Å². The number of rotatable bonds is 7. The lowest BCUT2D eigenvalue weighted by molar-refractivity contribution is -0.129. The SMILES string of the molecule is CCN1CCN(CC2CCCCC2)CC1.CO.O=C(CCCc1ccc(F)cc1)NO. The fourth-order valence-corrected chi connectivity index (χ4v) is 4.18. The van der Waals surface area contributed by atoms with Gasteiger partial charge in [-0.05, 0) is 55.8 Å². The number of piperazine rings is 1. The average Bonchev–Trinajstić information content (AvgIpc) is 2.83. The molecule has 1 aliphatic carbocycles. The van der Waals surface area contributed by atoms with E-state index < -0.39 is 5.91 Å². The molecule has 3 rings (SSSR count). The number of hydrogen-bond acceptors (Lipinski definition) is 5. The minimum atomic E-state index is -0.396. The van der Waals surface area contributed by atoms with Crippen LogP contribution in [0.4, 0.5) is 4.39 Å². The lowest BCUT2D eigenvalue weighted by Crippen LogP contribution is -2.47. The molecule has 0 bridgehead atoms. The van der Waals surface area contributed by atoms with E-state index in [2.05, 4.69) is 16.7 Å². The number of carbonyl (C=O) groups excluding carboxylic acids is 1. The smallest absolute Gasteiger partial charge is 0.243 e. The maximum Gasteiger partial charge on any atom is 0.243 e. The van der Waals surface area contributed by atoms with Gasteiger partial charge in [0.15, 0.2) is 0 Å². The Hall–Kier alpha value is -1.54. The number of hydroxylamine groups is 1. The summed E-state index contributed by atoms with van der Waals surface area (Å²) in [5.74, 6) is 0.362. The Kier molecular flexibility index (Phi) is 15.1. The molecule has 1 aromatic rings. The van der Waals surface area contributed by atoms with Gasteiger partial charge in [-0.2, -0.15) is 0 Å². The van der Waals surface area contributed by atoms with Crippen LogP contribution in [0.15, 0.2) is 24.3 Å². The summed E-state index contributed by atoms with van der Waals surface area (Å²) in [5.41, 5.74) is 2.54. The lowest BCUT2D eigenvalue weighted by atomic mass is 9.89. The van der Waals surface area contributed by atoms with E-state index in [4.69, 9.17) is 10.3 Å². The van der Waals surface area contributed by atoms with Crippen LogP contribution >= 0.6 is 0 Å². The molecule has 2 aliphatic rings. The Morgan fingerprint density at radius 2 is 1.61 bits per heavy atom. The normalized spacial score (nSPS) is 17.7. The number of carbonyl (C=O) groups is 1. The number of benzene rings is 1. The van der Waals surface area contributed by atoms with Crippen molar-refractivity contribution in [1.29, 1.82) is 0 Å². The summed E-state index contributed by atoms with van der Waals surface area (Å²) in [7, 11) is 1.00. The molecule has 178 valence electrons. The van der Waals surface area contributed by atoms with Crippen LogP contribution in [-0.4, -0.2) is 72.4 Å². The van der Waals surface area contributed by atoms with E-state index in [0.29, 0.717) is 12.8 Å². The van der Waals surface area contributed by atoms with Crippen LogP contribution in [0.3, 0.4) is 0 Å². The zero-order valence-corrected chi connectivity index (χ0v) is 19.4. The summed E-state index contributed by atoms with van der Waals surface area (Å²) in [6, 6.07) is 6.15. The molecule has 1 saturated heterocycles. The summed E-state index contributed by atoms with van der Waals surface area (Å²) in [6.07, 6.45) is 9.06. The maximum absolute atomic E-state index is 12.5. The van der Waals surface area contributed by atoms with E-state index in [0.717, 1.165) is 18.6 Å². The van der Waals surface area contributed by atoms with Crippen LogP contribution in [0.25, 0.3) is 0 Å². The van der Waals surface area contributed by atoms with Gasteiger partial charge in [0.05, 0.1) is 0 Å². The Balaban J connectivity index is 0.000000288. The Bertz CT molecular complexity index is 572. The second-order valence-electron chi connectivity index (χ2n) is 8.25. The molecule has 3 N–H and O–H groups in total. The minimum absolute atomic E-state index is 0.262. The average molecular weight is 440 g/mol. The summed E-state index contributed by atoms with van der Waals surface area (Å²) in [5, 5.41) is 15.2. The number of aliphatic hydroxyl groups is 1. The molecule has 1 saturated carbocycles. The highest BCUT2D eigenvalue weighted by Crippen LogP contribution is 2.24. The number of amides is 1. The zero-order valence-electron chi connectivity index (χ0n) is 19.4. The molecule has 0 atom stereocenters. The third-order valence-electron chi connectivity index (χ3n) is 6.06. The fraction of sp³-hybridized carbons (Fsp3) is 0.708. The number of halogens is 1. The van der Waals surface area contributed by atoms with Gasteiger partial charge >= 0.3 is 0 Å². The van der Waals surface area contributed by atoms with Crippen LogP contribution < -0.4 is 5.48 Å². The molecule has 0 radical (unpaired) electrons. The number of nitrogens with one attached hydrogen (secondary N) is 1. The van der Waals surface area contributed by atoms with Crippen LogP contribution in [0.5, 0.6) is 0 Å². The standard InChI is InChI=1S/C13H26N2.C10H12FNO2.CH4O/c1-2-14-8-10-15(11-9-14)12-13-6-4-3-5-7-13;11-9-6-4-8(5-7-9)2-1-3-10(13)12-14;1-2/h13H,2-12H2,1H3;4-7,14H,1-3H2,(H,12,13);2H,1H3. The summed E-state index contributed by atoms with van der Waals surface area (Å²) >= 11 is 0. The van der Waals surface area contributed by atoms with Crippen molar-refractivity contribution in [2.45, 2.75) is 58.3 Å². The van der Waals surface area contributed by atoms with E-state index in [9.17, 15) is 9.18 Å². The first-order valence-electron chi connectivity index (χ1n) is 11.7. The lowest BCUT2D eigenvalue weighted by Gasteiger charge is -2.36.